The third kappa shape index (κ3) is 3.72. The van der Waals surface area contributed by atoms with Gasteiger partial charge in [0, 0.05) is 20.1 Å². The zero-order chi connectivity index (χ0) is 23.4. The van der Waals surface area contributed by atoms with Crippen molar-refractivity contribution in [2.75, 3.05) is 0 Å². The van der Waals surface area contributed by atoms with Crippen molar-refractivity contribution >= 4 is 62.2 Å². The molecule has 0 bridgehead atoms. The van der Waals surface area contributed by atoms with Crippen LogP contribution in [0.1, 0.15) is 34.7 Å². The lowest BCUT2D eigenvalue weighted by atomic mass is 9.83. The second-order valence-electron chi connectivity index (χ2n) is 8.33. The van der Waals surface area contributed by atoms with Gasteiger partial charge in [-0.15, -0.1) is 0 Å². The fourth-order valence-corrected chi connectivity index (χ4v) is 6.45. The summed E-state index contributed by atoms with van der Waals surface area (Å²) in [4.78, 5) is 19.5. The summed E-state index contributed by atoms with van der Waals surface area (Å²) in [5, 5.41) is 1.07. The molecule has 0 saturated carbocycles. The monoisotopic (exact) mass is 566 g/mol. The summed E-state index contributed by atoms with van der Waals surface area (Å²) < 4.78 is 3.44. The Bertz CT molecular complexity index is 1670. The molecule has 0 radical (unpaired) electrons. The number of benzene rings is 3. The van der Waals surface area contributed by atoms with E-state index in [1.807, 2.05) is 28.8 Å². The summed E-state index contributed by atoms with van der Waals surface area (Å²) in [5.74, 6) is 0. The van der Waals surface area contributed by atoms with E-state index in [9.17, 15) is 4.79 Å². The molecule has 0 amide bonds. The van der Waals surface area contributed by atoms with Crippen LogP contribution in [0.4, 0.5) is 0 Å². The molecular weight excluding hydrogens is 551 g/mol. The number of hydrogen-bond acceptors (Lipinski definition) is 3. The maximum atomic E-state index is 13.7. The first-order chi connectivity index (χ1) is 16.5. The molecule has 34 heavy (non-hydrogen) atoms. The van der Waals surface area contributed by atoms with E-state index in [0.717, 1.165) is 39.7 Å². The Kier molecular flexibility index (Phi) is 5.61. The molecule has 3 nitrogen and oxygen atoms in total. The van der Waals surface area contributed by atoms with Gasteiger partial charge in [0.1, 0.15) is 0 Å². The van der Waals surface area contributed by atoms with Crippen LogP contribution in [-0.4, -0.2) is 4.57 Å². The highest BCUT2D eigenvalue weighted by Crippen LogP contribution is 2.41. The molecule has 7 heteroatoms. The fraction of sp³-hybridized carbons (Fsp3) is 0.111. The minimum Gasteiger partial charge on any atom is -0.272 e. The molecule has 1 aromatic heterocycles. The topological polar surface area (TPSA) is 34.4 Å². The van der Waals surface area contributed by atoms with Gasteiger partial charge in [-0.25, -0.2) is 4.99 Å². The Labute approximate surface area is 218 Å². The highest BCUT2D eigenvalue weighted by Gasteiger charge is 2.32. The Hall–Kier alpha value is -2.44. The summed E-state index contributed by atoms with van der Waals surface area (Å²) in [5.41, 5.74) is 6.40. The quantitative estimate of drug-likeness (QED) is 0.276. The number of aromatic nitrogens is 1. The number of nitrogens with zero attached hydrogens (tertiary/aromatic N) is 2. The molecule has 2 heterocycles. The van der Waals surface area contributed by atoms with Crippen LogP contribution < -0.4 is 14.9 Å². The maximum Gasteiger partial charge on any atom is 0.271 e. The van der Waals surface area contributed by atoms with Gasteiger partial charge in [-0.1, -0.05) is 92.9 Å². The van der Waals surface area contributed by atoms with Crippen molar-refractivity contribution in [1.82, 2.24) is 4.57 Å². The van der Waals surface area contributed by atoms with Gasteiger partial charge in [0.05, 0.1) is 16.3 Å². The van der Waals surface area contributed by atoms with Gasteiger partial charge >= 0.3 is 0 Å². The molecule has 1 unspecified atom stereocenters. The van der Waals surface area contributed by atoms with Crippen molar-refractivity contribution in [2.45, 2.75) is 18.9 Å². The van der Waals surface area contributed by atoms with Crippen LogP contribution >= 0.6 is 50.5 Å². The van der Waals surface area contributed by atoms with Crippen LogP contribution in [-0.2, 0) is 6.42 Å². The average molecular weight is 568 g/mol. The number of fused-ring (bicyclic) bond motifs is 3. The Balaban J connectivity index is 1.63. The van der Waals surface area contributed by atoms with Gasteiger partial charge in [-0.2, -0.15) is 0 Å². The minimum atomic E-state index is -0.199. The Morgan fingerprint density at radius 1 is 1.03 bits per heavy atom. The minimum absolute atomic E-state index is 0.0619. The second-order valence-corrected chi connectivity index (χ2v) is 11.1. The van der Waals surface area contributed by atoms with Crippen LogP contribution in [0.3, 0.4) is 0 Å². The predicted octanol–water partition coefficient (Wildman–Crippen LogP) is 6.39. The molecule has 0 N–H and O–H groups in total. The molecule has 1 aliphatic heterocycles. The molecule has 6 rings (SSSR count). The smallest absolute Gasteiger partial charge is 0.271 e. The standard InChI is InChI=1S/C27H17BrCl2N2OS/c28-18-9-5-16(6-10-18)25-21-12-8-15-3-1-2-4-20(15)24(21)31-27-32(25)26(33)23(34-27)13-17-7-11-19(29)14-22(17)30/h1-7,9-11,13-14,25H,8,12H2. The molecule has 3 aromatic carbocycles. The molecular formula is C27H17BrCl2N2OS. The van der Waals surface area contributed by atoms with Crippen LogP contribution in [0, 0.1) is 0 Å². The van der Waals surface area contributed by atoms with Crippen molar-refractivity contribution in [1.29, 1.82) is 0 Å². The second kappa shape index (κ2) is 8.65. The third-order valence-corrected chi connectivity index (χ3v) is 8.38. The van der Waals surface area contributed by atoms with E-state index in [1.54, 1.807) is 12.1 Å². The van der Waals surface area contributed by atoms with E-state index >= 15 is 0 Å². The molecule has 0 fully saturated rings. The summed E-state index contributed by atoms with van der Waals surface area (Å²) in [6.07, 6.45) is 3.63. The van der Waals surface area contributed by atoms with E-state index in [4.69, 9.17) is 28.2 Å². The zero-order valence-electron chi connectivity index (χ0n) is 17.8. The Morgan fingerprint density at radius 2 is 1.82 bits per heavy atom. The van der Waals surface area contributed by atoms with E-state index in [0.29, 0.717) is 19.4 Å². The van der Waals surface area contributed by atoms with Gasteiger partial charge in [-0.05, 0) is 65.4 Å². The van der Waals surface area contributed by atoms with Gasteiger partial charge in [-0.3, -0.25) is 9.36 Å². The molecule has 1 atom stereocenters. The molecule has 168 valence electrons. The van der Waals surface area contributed by atoms with Crippen molar-refractivity contribution < 1.29 is 0 Å². The fourth-order valence-electron chi connectivity index (χ4n) is 4.73. The summed E-state index contributed by atoms with van der Waals surface area (Å²) in [7, 11) is 0. The van der Waals surface area contributed by atoms with Crippen molar-refractivity contribution in [3.63, 3.8) is 0 Å². The van der Waals surface area contributed by atoms with Gasteiger partial charge in [0.15, 0.2) is 4.80 Å². The first-order valence-electron chi connectivity index (χ1n) is 10.8. The normalized spacial score (nSPS) is 17.1. The largest absolute Gasteiger partial charge is 0.272 e. The number of aryl methyl sites for hydroxylation is 1. The van der Waals surface area contributed by atoms with Crippen molar-refractivity contribution in [3.8, 4) is 0 Å². The SMILES string of the molecule is O=c1c(=Cc2ccc(Cl)cc2Cl)sc2n1C(c1ccc(Br)cc1)C1=C(N=2)c2ccccc2CC1. The van der Waals surface area contributed by atoms with E-state index < -0.39 is 0 Å². The van der Waals surface area contributed by atoms with Crippen molar-refractivity contribution in [3.05, 3.63) is 129 Å². The summed E-state index contributed by atoms with van der Waals surface area (Å²) in [6.45, 7) is 0. The molecule has 4 aromatic rings. The van der Waals surface area contributed by atoms with Crippen LogP contribution in [0.5, 0.6) is 0 Å². The van der Waals surface area contributed by atoms with Gasteiger partial charge < -0.3 is 0 Å². The Morgan fingerprint density at radius 3 is 2.62 bits per heavy atom. The average Bonchev–Trinajstić information content (AvgIpc) is 3.15. The third-order valence-electron chi connectivity index (χ3n) is 6.31. The number of hydrogen-bond donors (Lipinski definition) is 0. The number of allylic oxidation sites excluding steroid dienone is 1. The zero-order valence-corrected chi connectivity index (χ0v) is 21.7. The van der Waals surface area contributed by atoms with E-state index in [-0.39, 0.29) is 11.6 Å². The molecule has 2 aliphatic rings. The lowest BCUT2D eigenvalue weighted by molar-refractivity contribution is 0.585. The lowest BCUT2D eigenvalue weighted by Gasteiger charge is -2.30. The highest BCUT2D eigenvalue weighted by atomic mass is 79.9. The predicted molar refractivity (Wildman–Crippen MR) is 143 cm³/mol. The van der Waals surface area contributed by atoms with E-state index in [2.05, 4.69) is 52.3 Å². The first-order valence-corrected chi connectivity index (χ1v) is 13.2. The highest BCUT2D eigenvalue weighted by molar-refractivity contribution is 9.10. The lowest BCUT2D eigenvalue weighted by Crippen LogP contribution is -2.38. The maximum absolute atomic E-state index is 13.7. The van der Waals surface area contributed by atoms with Crippen LogP contribution in [0.2, 0.25) is 10.0 Å². The molecule has 0 spiro atoms. The summed E-state index contributed by atoms with van der Waals surface area (Å²) in [6, 6.07) is 21.7. The van der Waals surface area contributed by atoms with Crippen LogP contribution in [0.15, 0.2) is 86.6 Å². The van der Waals surface area contributed by atoms with Gasteiger partial charge in [0.25, 0.3) is 5.56 Å². The van der Waals surface area contributed by atoms with Gasteiger partial charge in [0.2, 0.25) is 0 Å². The molecule has 0 saturated heterocycles. The molecule has 1 aliphatic carbocycles. The number of halogens is 3. The first kappa shape index (κ1) is 22.1. The van der Waals surface area contributed by atoms with Crippen LogP contribution in [0.25, 0.3) is 11.8 Å². The van der Waals surface area contributed by atoms with Crippen molar-refractivity contribution in [2.24, 2.45) is 4.99 Å². The summed E-state index contributed by atoms with van der Waals surface area (Å²) >= 11 is 17.4. The number of thiazole rings is 1. The number of rotatable bonds is 2. The van der Waals surface area contributed by atoms with E-state index in [1.165, 1.54) is 22.5 Å².